The Kier molecular flexibility index (Phi) is 17.2. The van der Waals surface area contributed by atoms with Gasteiger partial charge in [0.05, 0.1) is 73.8 Å². The van der Waals surface area contributed by atoms with Crippen LogP contribution < -0.4 is 0 Å². The Balaban J connectivity index is 5.30. The van der Waals surface area contributed by atoms with Crippen molar-refractivity contribution in [2.24, 2.45) is 0 Å². The summed E-state index contributed by atoms with van der Waals surface area (Å²) in [6, 6.07) is 2.70. The van der Waals surface area contributed by atoms with E-state index in [1.54, 1.807) is 6.92 Å². The van der Waals surface area contributed by atoms with Gasteiger partial charge in [-0.15, -0.1) is 0 Å². The third kappa shape index (κ3) is 20.5. The van der Waals surface area contributed by atoms with Gasteiger partial charge in [-0.05, 0) is 83.5 Å². The Morgan fingerprint density at radius 3 is 1.52 bits per heavy atom. The molecule has 0 rings (SSSR count). The molecule has 0 amide bonds. The molecule has 0 aromatic carbocycles. The summed E-state index contributed by atoms with van der Waals surface area (Å²) in [4.78, 5) is 33.9. The third-order valence-electron chi connectivity index (χ3n) is 7.54. The number of ether oxygens (including phenoxy) is 1. The minimum atomic E-state index is -2.61. The van der Waals surface area contributed by atoms with E-state index in [4.69, 9.17) is 23.2 Å². The molecule has 0 fully saturated rings. The van der Waals surface area contributed by atoms with E-state index in [1.807, 2.05) is 0 Å². The number of hydrogen-bond donors (Lipinski definition) is 2. The van der Waals surface area contributed by atoms with E-state index in [9.17, 15) is 14.4 Å². The average Bonchev–Trinajstić information content (AvgIpc) is 2.81. The molecule has 42 heavy (non-hydrogen) atoms. The minimum Gasteiger partial charge on any atom is -0.481 e. The molecule has 246 valence electrons. The van der Waals surface area contributed by atoms with Gasteiger partial charge in [-0.2, -0.15) is 0 Å². The van der Waals surface area contributed by atoms with Crippen molar-refractivity contribution in [3.63, 3.8) is 0 Å². The molecule has 0 aliphatic carbocycles. The summed E-state index contributed by atoms with van der Waals surface area (Å²) in [6.45, 7) is 19.8. The lowest BCUT2D eigenvalue weighted by Gasteiger charge is -2.41. The van der Waals surface area contributed by atoms with Crippen molar-refractivity contribution in [1.29, 1.82) is 0 Å². The molecule has 0 aromatic rings. The quantitative estimate of drug-likeness (QED) is 0.0476. The number of carboxylic acid groups (broad SMARTS) is 2. The molecule has 13 heteroatoms. The van der Waals surface area contributed by atoms with Gasteiger partial charge in [-0.1, -0.05) is 6.58 Å². The Morgan fingerprint density at radius 1 is 0.667 bits per heavy atom. The summed E-state index contributed by atoms with van der Waals surface area (Å²) >= 11 is 0. The molecule has 0 aromatic heterocycles. The first-order valence-corrected chi connectivity index (χ1v) is 24.0. The van der Waals surface area contributed by atoms with Crippen LogP contribution in [0, 0.1) is 0 Å². The number of carbonyl (C=O) groups is 3. The van der Waals surface area contributed by atoms with Crippen molar-refractivity contribution in [2.45, 2.75) is 96.3 Å². The molecule has 0 heterocycles. The van der Waals surface area contributed by atoms with Crippen LogP contribution in [0.25, 0.3) is 0 Å². The fourth-order valence-corrected chi connectivity index (χ4v) is 19.5. The van der Waals surface area contributed by atoms with E-state index < -0.39 is 37.1 Å². The standard InChI is InChI=1S/C29H60N2O8Si3/c1-26(2)29(36)37-22-15-25-42(11,39-41(9,10)24-14-19-31(5,6)21-17-28(34)35)38-40(7,8)23-13-12-18-30(3,4)20-16-27(32)33/h1,12-25H2,2-11H3/p+2. The van der Waals surface area contributed by atoms with Gasteiger partial charge in [0.2, 0.25) is 0 Å². The van der Waals surface area contributed by atoms with Crippen LogP contribution in [-0.4, -0.2) is 123 Å². The van der Waals surface area contributed by atoms with Gasteiger partial charge in [0.15, 0.2) is 16.6 Å². The molecule has 10 nitrogen and oxygen atoms in total. The highest BCUT2D eigenvalue weighted by atomic mass is 28.5. The summed E-state index contributed by atoms with van der Waals surface area (Å²) < 4.78 is 20.8. The second-order valence-corrected chi connectivity index (χ2v) is 26.9. The van der Waals surface area contributed by atoms with Crippen LogP contribution in [0.1, 0.15) is 45.4 Å². The number of carboxylic acids is 2. The molecule has 0 saturated carbocycles. The molecule has 0 spiro atoms. The molecule has 0 bridgehead atoms. The fraction of sp³-hybridized carbons (Fsp3) is 0.828. The van der Waals surface area contributed by atoms with Crippen molar-refractivity contribution < 1.29 is 46.5 Å². The first-order chi connectivity index (χ1) is 19.0. The Morgan fingerprint density at radius 2 is 1.10 bits per heavy atom. The largest absolute Gasteiger partial charge is 0.481 e. The molecular weight excluding hydrogens is 589 g/mol. The predicted octanol–water partition coefficient (Wildman–Crippen LogP) is 5.28. The number of rotatable bonds is 24. The van der Waals surface area contributed by atoms with E-state index in [2.05, 4.69) is 67.5 Å². The van der Waals surface area contributed by atoms with E-state index in [0.29, 0.717) is 40.7 Å². The lowest BCUT2D eigenvalue weighted by Crippen LogP contribution is -2.54. The summed E-state index contributed by atoms with van der Waals surface area (Å²) in [5.41, 5.74) is 0.388. The number of quaternary nitrogens is 2. The number of nitrogens with zero attached hydrogens (tertiary/aromatic N) is 2. The SMILES string of the molecule is C=C(C)C(=O)OCCC[Si](C)(O[Si](C)(C)CCCC[N+](C)(C)CCC(=O)O)O[Si](C)(C)CCC[N+](C)(C)CCC(=O)O. The van der Waals surface area contributed by atoms with Crippen LogP contribution in [0.3, 0.4) is 0 Å². The third-order valence-corrected chi connectivity index (χ3v) is 19.8. The maximum absolute atomic E-state index is 11.9. The highest BCUT2D eigenvalue weighted by Gasteiger charge is 2.43. The second-order valence-electron chi connectivity index (χ2n) is 14.5. The van der Waals surface area contributed by atoms with Gasteiger partial charge in [0, 0.05) is 5.57 Å². The Hall–Kier alpha value is -1.36. The van der Waals surface area contributed by atoms with Crippen LogP contribution in [-0.2, 0) is 27.4 Å². The van der Waals surface area contributed by atoms with Gasteiger partial charge in [-0.3, -0.25) is 9.59 Å². The molecule has 1 unspecified atom stereocenters. The van der Waals surface area contributed by atoms with Crippen molar-refractivity contribution in [1.82, 2.24) is 0 Å². The van der Waals surface area contributed by atoms with E-state index in [1.165, 1.54) is 0 Å². The number of unbranched alkanes of at least 4 members (excludes halogenated alkanes) is 1. The Labute approximate surface area is 258 Å². The second kappa shape index (κ2) is 17.8. The van der Waals surface area contributed by atoms with E-state index in [-0.39, 0.29) is 18.8 Å². The van der Waals surface area contributed by atoms with Gasteiger partial charge in [-0.25, -0.2) is 4.79 Å². The fourth-order valence-electron chi connectivity index (χ4n) is 5.12. The van der Waals surface area contributed by atoms with Crippen molar-refractivity contribution in [2.75, 3.05) is 61.0 Å². The van der Waals surface area contributed by atoms with Crippen molar-refractivity contribution >= 4 is 43.1 Å². The highest BCUT2D eigenvalue weighted by Crippen LogP contribution is 2.30. The zero-order valence-corrected chi connectivity index (χ0v) is 31.3. The maximum atomic E-state index is 11.9. The summed E-state index contributed by atoms with van der Waals surface area (Å²) in [5.74, 6) is -1.90. The van der Waals surface area contributed by atoms with Crippen LogP contribution in [0.5, 0.6) is 0 Å². The smallest absolute Gasteiger partial charge is 0.333 e. The zero-order valence-electron chi connectivity index (χ0n) is 28.3. The summed E-state index contributed by atoms with van der Waals surface area (Å²) in [7, 11) is 1.53. The van der Waals surface area contributed by atoms with Crippen LogP contribution in [0.15, 0.2) is 12.2 Å². The van der Waals surface area contributed by atoms with Crippen LogP contribution >= 0.6 is 0 Å². The predicted molar refractivity (Wildman–Crippen MR) is 176 cm³/mol. The van der Waals surface area contributed by atoms with Gasteiger partial charge >= 0.3 is 26.5 Å². The first kappa shape index (κ1) is 40.6. The zero-order chi connectivity index (χ0) is 32.8. The molecule has 0 aliphatic heterocycles. The van der Waals surface area contributed by atoms with Gasteiger partial charge < -0.3 is 32.1 Å². The van der Waals surface area contributed by atoms with E-state index in [0.717, 1.165) is 50.5 Å². The number of carbonyl (C=O) groups excluding carboxylic acids is 1. The van der Waals surface area contributed by atoms with Gasteiger partial charge in [0.25, 0.3) is 0 Å². The minimum absolute atomic E-state index is 0.164. The van der Waals surface area contributed by atoms with Crippen molar-refractivity contribution in [3.05, 3.63) is 12.2 Å². The molecule has 0 aliphatic rings. The summed E-state index contributed by atoms with van der Waals surface area (Å²) in [5, 5.41) is 18.1. The van der Waals surface area contributed by atoms with Crippen molar-refractivity contribution in [3.8, 4) is 0 Å². The molecule has 1 atom stereocenters. The van der Waals surface area contributed by atoms with Crippen LogP contribution in [0.4, 0.5) is 0 Å². The molecule has 0 radical (unpaired) electrons. The average molecular weight is 651 g/mol. The van der Waals surface area contributed by atoms with E-state index >= 15 is 0 Å². The lowest BCUT2D eigenvalue weighted by molar-refractivity contribution is -0.890. The summed E-state index contributed by atoms with van der Waals surface area (Å²) in [6.07, 6.45) is 4.02. The van der Waals surface area contributed by atoms with Crippen LogP contribution in [0.2, 0.25) is 50.9 Å². The number of aliphatic carboxylic acids is 2. The molecular formula is C29H62N2O8Si3+2. The number of hydrogen-bond acceptors (Lipinski definition) is 6. The highest BCUT2D eigenvalue weighted by molar-refractivity contribution is 6.88. The first-order valence-electron chi connectivity index (χ1n) is 15.3. The normalized spacial score (nSPS) is 14.3. The molecule has 0 saturated heterocycles. The Bertz CT molecular complexity index is 896. The molecule has 2 N–H and O–H groups in total. The topological polar surface area (TPSA) is 119 Å². The van der Waals surface area contributed by atoms with Gasteiger partial charge in [0.1, 0.15) is 0 Å². The maximum Gasteiger partial charge on any atom is 0.333 e. The monoisotopic (exact) mass is 650 g/mol. The lowest BCUT2D eigenvalue weighted by atomic mass is 10.2. The number of esters is 1.